The number of imidazole rings is 1. The summed E-state index contributed by atoms with van der Waals surface area (Å²) in [5, 5.41) is 11.4. The van der Waals surface area contributed by atoms with Gasteiger partial charge in [-0.15, -0.1) is 11.3 Å². The van der Waals surface area contributed by atoms with E-state index in [1.165, 1.54) is 6.20 Å². The molecule has 0 amide bonds. The summed E-state index contributed by atoms with van der Waals surface area (Å²) in [4.78, 5) is 11.1. The number of hydrogen-bond acceptors (Lipinski definition) is 6. The minimum Gasteiger partial charge on any atom is -0.340 e. The van der Waals surface area contributed by atoms with Crippen LogP contribution in [0.1, 0.15) is 11.4 Å². The summed E-state index contributed by atoms with van der Waals surface area (Å²) >= 11 is 1.63. The standard InChI is InChI=1S/C14H16N6O2S2/c15-24(21,22)13-7-17-20-4-3-19(9-11(13)20)8-10-6-16-14(18-10)12-2-1-5-23-12/h1-2,5-7H,3-4,8-9H2,(H,16,18)(H2,15,21,22). The first-order valence-electron chi connectivity index (χ1n) is 7.38. The van der Waals surface area contributed by atoms with Gasteiger partial charge in [0, 0.05) is 31.5 Å². The maximum atomic E-state index is 11.7. The summed E-state index contributed by atoms with van der Waals surface area (Å²) in [6.45, 7) is 2.57. The van der Waals surface area contributed by atoms with E-state index in [-0.39, 0.29) is 4.90 Å². The van der Waals surface area contributed by atoms with Crippen molar-refractivity contribution in [3.8, 4) is 10.7 Å². The van der Waals surface area contributed by atoms with E-state index in [0.29, 0.717) is 25.3 Å². The molecular weight excluding hydrogens is 348 g/mol. The van der Waals surface area contributed by atoms with Crippen LogP contribution in [0.2, 0.25) is 0 Å². The van der Waals surface area contributed by atoms with Gasteiger partial charge in [0.15, 0.2) is 0 Å². The van der Waals surface area contributed by atoms with Crippen LogP contribution in [0.15, 0.2) is 34.8 Å². The smallest absolute Gasteiger partial charge is 0.241 e. The average Bonchev–Trinajstić information content (AvgIpc) is 3.26. The number of nitrogens with one attached hydrogen (secondary N) is 1. The molecule has 24 heavy (non-hydrogen) atoms. The molecule has 0 saturated heterocycles. The van der Waals surface area contributed by atoms with Crippen LogP contribution in [0.5, 0.6) is 0 Å². The van der Waals surface area contributed by atoms with Crippen molar-refractivity contribution in [2.45, 2.75) is 24.5 Å². The van der Waals surface area contributed by atoms with Crippen molar-refractivity contribution < 1.29 is 8.42 Å². The number of nitrogens with zero attached hydrogens (tertiary/aromatic N) is 4. The molecule has 1 aliphatic heterocycles. The van der Waals surface area contributed by atoms with E-state index < -0.39 is 10.0 Å². The Hall–Kier alpha value is -2.01. The molecule has 0 unspecified atom stereocenters. The van der Waals surface area contributed by atoms with Crippen molar-refractivity contribution >= 4 is 21.4 Å². The summed E-state index contributed by atoms with van der Waals surface area (Å²) in [6.07, 6.45) is 3.15. The lowest BCUT2D eigenvalue weighted by atomic mass is 10.3. The minimum absolute atomic E-state index is 0.107. The Bertz CT molecular complexity index is 957. The zero-order valence-electron chi connectivity index (χ0n) is 12.7. The van der Waals surface area contributed by atoms with Crippen molar-refractivity contribution in [2.75, 3.05) is 6.54 Å². The summed E-state index contributed by atoms with van der Waals surface area (Å²) in [5.74, 6) is 0.854. The van der Waals surface area contributed by atoms with Crippen molar-refractivity contribution in [1.82, 2.24) is 24.6 Å². The monoisotopic (exact) mass is 364 g/mol. The second kappa shape index (κ2) is 5.81. The molecule has 0 spiro atoms. The fraction of sp³-hybridized carbons (Fsp3) is 0.286. The molecule has 3 N–H and O–H groups in total. The van der Waals surface area contributed by atoms with E-state index in [4.69, 9.17) is 5.14 Å². The number of primary sulfonamides is 1. The van der Waals surface area contributed by atoms with Gasteiger partial charge in [-0.3, -0.25) is 9.58 Å². The summed E-state index contributed by atoms with van der Waals surface area (Å²) in [5.41, 5.74) is 1.63. The Labute approximate surface area is 143 Å². The van der Waals surface area contributed by atoms with Gasteiger partial charge >= 0.3 is 0 Å². The first kappa shape index (κ1) is 15.5. The zero-order valence-corrected chi connectivity index (χ0v) is 14.3. The zero-order chi connectivity index (χ0) is 16.7. The molecule has 3 aromatic rings. The minimum atomic E-state index is -3.75. The molecule has 126 valence electrons. The van der Waals surface area contributed by atoms with Gasteiger partial charge in [-0.25, -0.2) is 18.5 Å². The van der Waals surface area contributed by atoms with E-state index in [1.54, 1.807) is 16.0 Å². The number of fused-ring (bicyclic) bond motifs is 1. The molecule has 8 nitrogen and oxygen atoms in total. The van der Waals surface area contributed by atoms with Crippen LogP contribution in [0.25, 0.3) is 10.7 Å². The van der Waals surface area contributed by atoms with Gasteiger partial charge in [0.1, 0.15) is 10.7 Å². The third-order valence-corrected chi connectivity index (χ3v) is 5.83. The highest BCUT2D eigenvalue weighted by Gasteiger charge is 2.25. The second-order valence-electron chi connectivity index (χ2n) is 5.67. The highest BCUT2D eigenvalue weighted by Crippen LogP contribution is 2.23. The molecule has 0 saturated carbocycles. The third kappa shape index (κ3) is 2.88. The lowest BCUT2D eigenvalue weighted by Gasteiger charge is -2.27. The van der Waals surface area contributed by atoms with Gasteiger partial charge in [0.05, 0.1) is 23.3 Å². The molecule has 3 aromatic heterocycles. The number of aromatic nitrogens is 4. The molecular formula is C14H16N6O2S2. The maximum Gasteiger partial charge on any atom is 0.241 e. The molecule has 0 bridgehead atoms. The SMILES string of the molecule is NS(=O)(=O)c1cnn2c1CN(Cc1cnc(-c3cccs3)[nH]1)CC2. The number of rotatable bonds is 4. The van der Waals surface area contributed by atoms with Crippen molar-refractivity contribution in [3.05, 3.63) is 41.3 Å². The van der Waals surface area contributed by atoms with Gasteiger partial charge in [0.2, 0.25) is 10.0 Å². The topological polar surface area (TPSA) is 110 Å². The fourth-order valence-corrected chi connectivity index (χ4v) is 4.23. The molecule has 0 fully saturated rings. The van der Waals surface area contributed by atoms with Gasteiger partial charge < -0.3 is 4.98 Å². The first-order valence-corrected chi connectivity index (χ1v) is 9.81. The first-order chi connectivity index (χ1) is 11.5. The van der Waals surface area contributed by atoms with E-state index >= 15 is 0 Å². The summed E-state index contributed by atoms with van der Waals surface area (Å²) in [6, 6.07) is 4.01. The average molecular weight is 364 g/mol. The summed E-state index contributed by atoms with van der Waals surface area (Å²) < 4.78 is 25.0. The Kier molecular flexibility index (Phi) is 3.76. The second-order valence-corrected chi connectivity index (χ2v) is 8.15. The molecule has 0 radical (unpaired) electrons. The van der Waals surface area contributed by atoms with Crippen LogP contribution in [-0.4, -0.2) is 39.6 Å². The van der Waals surface area contributed by atoms with Crippen LogP contribution >= 0.6 is 11.3 Å². The Morgan fingerprint density at radius 1 is 1.33 bits per heavy atom. The Balaban J connectivity index is 1.52. The maximum absolute atomic E-state index is 11.7. The largest absolute Gasteiger partial charge is 0.340 e. The van der Waals surface area contributed by atoms with E-state index in [2.05, 4.69) is 20.0 Å². The molecule has 0 aliphatic carbocycles. The number of aromatic amines is 1. The van der Waals surface area contributed by atoms with Crippen LogP contribution in [0.4, 0.5) is 0 Å². The number of nitrogens with two attached hydrogens (primary N) is 1. The number of hydrogen-bond donors (Lipinski definition) is 2. The predicted molar refractivity (Wildman–Crippen MR) is 89.6 cm³/mol. The van der Waals surface area contributed by atoms with Crippen LogP contribution < -0.4 is 5.14 Å². The van der Waals surface area contributed by atoms with E-state index in [9.17, 15) is 8.42 Å². The van der Waals surface area contributed by atoms with Gasteiger partial charge in [0.25, 0.3) is 0 Å². The third-order valence-electron chi connectivity index (χ3n) is 4.00. The normalized spacial score (nSPS) is 15.5. The molecule has 0 atom stereocenters. The lowest BCUT2D eigenvalue weighted by molar-refractivity contribution is 0.201. The Morgan fingerprint density at radius 2 is 2.21 bits per heavy atom. The summed E-state index contributed by atoms with van der Waals surface area (Å²) in [7, 11) is -3.75. The number of H-pyrrole nitrogens is 1. The number of sulfonamides is 1. The molecule has 10 heteroatoms. The van der Waals surface area contributed by atoms with Gasteiger partial charge in [-0.05, 0) is 11.4 Å². The molecule has 1 aliphatic rings. The van der Waals surface area contributed by atoms with Gasteiger partial charge in [-0.1, -0.05) is 6.07 Å². The highest BCUT2D eigenvalue weighted by molar-refractivity contribution is 7.89. The fourth-order valence-electron chi connectivity index (χ4n) is 2.86. The molecule has 0 aromatic carbocycles. The molecule has 4 rings (SSSR count). The van der Waals surface area contributed by atoms with Crippen molar-refractivity contribution in [1.29, 1.82) is 0 Å². The Morgan fingerprint density at radius 3 is 2.96 bits per heavy atom. The van der Waals surface area contributed by atoms with Crippen LogP contribution in [0.3, 0.4) is 0 Å². The van der Waals surface area contributed by atoms with Crippen LogP contribution in [-0.2, 0) is 29.7 Å². The quantitative estimate of drug-likeness (QED) is 0.718. The lowest BCUT2D eigenvalue weighted by Crippen LogP contribution is -2.34. The predicted octanol–water partition coefficient (Wildman–Crippen LogP) is 0.998. The van der Waals surface area contributed by atoms with E-state index in [1.807, 2.05) is 23.7 Å². The van der Waals surface area contributed by atoms with Crippen molar-refractivity contribution in [3.63, 3.8) is 0 Å². The van der Waals surface area contributed by atoms with E-state index in [0.717, 1.165) is 22.9 Å². The number of thiophene rings is 1. The molecule has 4 heterocycles. The van der Waals surface area contributed by atoms with Crippen molar-refractivity contribution in [2.24, 2.45) is 5.14 Å². The van der Waals surface area contributed by atoms with Crippen LogP contribution in [0, 0.1) is 0 Å². The van der Waals surface area contributed by atoms with Gasteiger partial charge in [-0.2, -0.15) is 5.10 Å². The highest BCUT2D eigenvalue weighted by atomic mass is 32.2.